The molecule has 5 nitrogen and oxygen atoms in total. The van der Waals surface area contributed by atoms with Crippen LogP contribution in [0.4, 0.5) is 4.39 Å². The molecule has 23 heavy (non-hydrogen) atoms. The summed E-state index contributed by atoms with van der Waals surface area (Å²) in [6, 6.07) is 11.1. The number of halogens is 1. The molecule has 0 saturated carbocycles. The molecule has 1 aliphatic heterocycles. The van der Waals surface area contributed by atoms with E-state index in [1.54, 1.807) is 30.3 Å². The largest absolute Gasteiger partial charge is 0.490 e. The van der Waals surface area contributed by atoms with Crippen LogP contribution in [0.2, 0.25) is 0 Å². The van der Waals surface area contributed by atoms with E-state index in [4.69, 9.17) is 14.2 Å². The molecule has 1 unspecified atom stereocenters. The third kappa shape index (κ3) is 3.36. The predicted octanol–water partition coefficient (Wildman–Crippen LogP) is 3.19. The fourth-order valence-electron chi connectivity index (χ4n) is 2.41. The average molecular weight is 318 g/mol. The lowest BCUT2D eigenvalue weighted by atomic mass is 9.96. The quantitative estimate of drug-likeness (QED) is 0.886. The Morgan fingerprint density at radius 2 is 2.00 bits per heavy atom. The van der Waals surface area contributed by atoms with E-state index in [1.165, 1.54) is 12.1 Å². The summed E-state index contributed by atoms with van der Waals surface area (Å²) < 4.78 is 29.3. The van der Waals surface area contributed by atoms with Crippen molar-refractivity contribution in [2.75, 3.05) is 13.4 Å². The number of hydrogen-bond donors (Lipinski definition) is 1. The molecule has 0 saturated heterocycles. The summed E-state index contributed by atoms with van der Waals surface area (Å²) in [5.41, 5.74) is 0.596. The van der Waals surface area contributed by atoms with Crippen LogP contribution in [-0.4, -0.2) is 24.5 Å². The highest BCUT2D eigenvalue weighted by atomic mass is 19.1. The van der Waals surface area contributed by atoms with Crippen LogP contribution in [0.15, 0.2) is 42.5 Å². The number of hydrogen-bond acceptors (Lipinski definition) is 4. The molecule has 120 valence electrons. The van der Waals surface area contributed by atoms with E-state index >= 15 is 0 Å². The van der Waals surface area contributed by atoms with E-state index < -0.39 is 17.7 Å². The highest BCUT2D eigenvalue weighted by Crippen LogP contribution is 2.35. The maximum Gasteiger partial charge on any atom is 0.311 e. The van der Waals surface area contributed by atoms with Gasteiger partial charge in [0.25, 0.3) is 0 Å². The predicted molar refractivity (Wildman–Crippen MR) is 79.5 cm³/mol. The van der Waals surface area contributed by atoms with Crippen molar-refractivity contribution in [2.45, 2.75) is 12.3 Å². The van der Waals surface area contributed by atoms with E-state index in [0.717, 1.165) is 0 Å². The van der Waals surface area contributed by atoms with Gasteiger partial charge in [-0.05, 0) is 36.2 Å². The number of para-hydroxylation sites is 1. The van der Waals surface area contributed by atoms with Crippen molar-refractivity contribution in [3.8, 4) is 17.2 Å². The summed E-state index contributed by atoms with van der Waals surface area (Å²) >= 11 is 0. The molecule has 0 aromatic heterocycles. The normalized spacial score (nSPS) is 13.6. The number of carbonyl (C=O) groups is 1. The van der Waals surface area contributed by atoms with Gasteiger partial charge in [0.05, 0.1) is 12.5 Å². The van der Waals surface area contributed by atoms with Crippen molar-refractivity contribution in [3.05, 3.63) is 53.8 Å². The molecule has 6 heteroatoms. The number of carboxylic acid groups (broad SMARTS) is 1. The van der Waals surface area contributed by atoms with Gasteiger partial charge in [-0.2, -0.15) is 0 Å². The Hall–Kier alpha value is -2.76. The average Bonchev–Trinajstić information content (AvgIpc) is 3.00. The van der Waals surface area contributed by atoms with Crippen molar-refractivity contribution in [1.29, 1.82) is 0 Å². The van der Waals surface area contributed by atoms with Gasteiger partial charge >= 0.3 is 5.97 Å². The lowest BCUT2D eigenvalue weighted by Gasteiger charge is -2.14. The third-order valence-electron chi connectivity index (χ3n) is 3.60. The van der Waals surface area contributed by atoms with Crippen LogP contribution in [0, 0.1) is 5.82 Å². The zero-order valence-electron chi connectivity index (χ0n) is 12.2. The summed E-state index contributed by atoms with van der Waals surface area (Å²) in [4.78, 5) is 11.5. The van der Waals surface area contributed by atoms with Gasteiger partial charge in [-0.15, -0.1) is 0 Å². The van der Waals surface area contributed by atoms with E-state index in [1.807, 2.05) is 0 Å². The van der Waals surface area contributed by atoms with Gasteiger partial charge in [0, 0.05) is 0 Å². The second kappa shape index (κ2) is 6.56. The van der Waals surface area contributed by atoms with Crippen molar-refractivity contribution in [1.82, 2.24) is 0 Å². The minimum absolute atomic E-state index is 0.0896. The maximum atomic E-state index is 13.5. The molecule has 1 heterocycles. The highest BCUT2D eigenvalue weighted by Gasteiger charge is 2.23. The number of benzene rings is 2. The van der Waals surface area contributed by atoms with Crippen LogP contribution in [0.5, 0.6) is 17.2 Å². The highest BCUT2D eigenvalue weighted by molar-refractivity contribution is 5.76. The Bertz CT molecular complexity index is 716. The summed E-state index contributed by atoms with van der Waals surface area (Å²) in [6.45, 7) is 0.221. The molecule has 3 rings (SSSR count). The van der Waals surface area contributed by atoms with Gasteiger partial charge in [0.1, 0.15) is 0 Å². The molecule has 0 aliphatic carbocycles. The summed E-state index contributed by atoms with van der Waals surface area (Å²) in [5.74, 6) is -0.966. The van der Waals surface area contributed by atoms with Crippen LogP contribution in [0.25, 0.3) is 0 Å². The molecule has 0 spiro atoms. The first-order valence-electron chi connectivity index (χ1n) is 7.15. The molecule has 0 bridgehead atoms. The smallest absolute Gasteiger partial charge is 0.311 e. The first-order chi connectivity index (χ1) is 11.1. The van der Waals surface area contributed by atoms with Crippen molar-refractivity contribution >= 4 is 5.97 Å². The standard InChI is InChI=1S/C17H15FO5/c18-13-3-1-2-4-14(13)21-8-7-12(17(19)20)11-5-6-15-16(9-11)23-10-22-15/h1-6,9,12H,7-8,10H2,(H,19,20). The Morgan fingerprint density at radius 3 is 2.78 bits per heavy atom. The molecular formula is C17H15FO5. The maximum absolute atomic E-state index is 13.5. The minimum Gasteiger partial charge on any atom is -0.490 e. The molecule has 1 N–H and O–H groups in total. The van der Waals surface area contributed by atoms with Gasteiger partial charge in [0.2, 0.25) is 6.79 Å². The zero-order chi connectivity index (χ0) is 16.2. The van der Waals surface area contributed by atoms with Gasteiger partial charge < -0.3 is 19.3 Å². The van der Waals surface area contributed by atoms with Crippen LogP contribution in [-0.2, 0) is 4.79 Å². The van der Waals surface area contributed by atoms with Gasteiger partial charge in [-0.3, -0.25) is 4.79 Å². The number of carboxylic acids is 1. The molecule has 2 aromatic rings. The fraction of sp³-hybridized carbons (Fsp3) is 0.235. The number of rotatable bonds is 6. The lowest BCUT2D eigenvalue weighted by molar-refractivity contribution is -0.139. The molecule has 0 amide bonds. The molecule has 1 atom stereocenters. The molecule has 0 fully saturated rings. The SMILES string of the molecule is O=C(O)C(CCOc1ccccc1F)c1ccc2c(c1)OCO2. The van der Waals surface area contributed by atoms with Crippen molar-refractivity contribution in [2.24, 2.45) is 0 Å². The van der Waals surface area contributed by atoms with Crippen LogP contribution < -0.4 is 14.2 Å². The third-order valence-corrected chi connectivity index (χ3v) is 3.60. The topological polar surface area (TPSA) is 65.0 Å². The van der Waals surface area contributed by atoms with Crippen molar-refractivity contribution < 1.29 is 28.5 Å². The van der Waals surface area contributed by atoms with E-state index in [9.17, 15) is 14.3 Å². The zero-order valence-corrected chi connectivity index (χ0v) is 12.2. The first-order valence-corrected chi connectivity index (χ1v) is 7.15. The number of ether oxygens (including phenoxy) is 3. The number of fused-ring (bicyclic) bond motifs is 1. The second-order valence-electron chi connectivity index (χ2n) is 5.07. The van der Waals surface area contributed by atoms with Gasteiger partial charge in [0.15, 0.2) is 23.1 Å². The monoisotopic (exact) mass is 318 g/mol. The Kier molecular flexibility index (Phi) is 4.32. The molecule has 0 radical (unpaired) electrons. The Morgan fingerprint density at radius 1 is 1.22 bits per heavy atom. The van der Waals surface area contributed by atoms with E-state index in [2.05, 4.69) is 0 Å². The first kappa shape index (κ1) is 15.1. The summed E-state index contributed by atoms with van der Waals surface area (Å²) in [7, 11) is 0. The van der Waals surface area contributed by atoms with Gasteiger partial charge in [-0.25, -0.2) is 4.39 Å². The summed E-state index contributed by atoms with van der Waals surface area (Å²) in [5, 5.41) is 9.43. The molecular weight excluding hydrogens is 303 g/mol. The second-order valence-corrected chi connectivity index (χ2v) is 5.07. The van der Waals surface area contributed by atoms with Crippen LogP contribution >= 0.6 is 0 Å². The van der Waals surface area contributed by atoms with Crippen LogP contribution in [0.1, 0.15) is 17.9 Å². The van der Waals surface area contributed by atoms with E-state index in [0.29, 0.717) is 17.1 Å². The van der Waals surface area contributed by atoms with E-state index in [-0.39, 0.29) is 25.6 Å². The summed E-state index contributed by atoms with van der Waals surface area (Å²) in [6.07, 6.45) is 0.212. The van der Waals surface area contributed by atoms with Crippen molar-refractivity contribution in [3.63, 3.8) is 0 Å². The molecule has 2 aromatic carbocycles. The Balaban J connectivity index is 1.68. The fourth-order valence-corrected chi connectivity index (χ4v) is 2.41. The number of aliphatic carboxylic acids is 1. The van der Waals surface area contributed by atoms with Crippen LogP contribution in [0.3, 0.4) is 0 Å². The molecule has 1 aliphatic rings. The van der Waals surface area contributed by atoms with Gasteiger partial charge in [-0.1, -0.05) is 18.2 Å². The lowest BCUT2D eigenvalue weighted by Crippen LogP contribution is -2.15. The Labute approximate surface area is 132 Å². The minimum atomic E-state index is -0.971.